The number of hydrogen-bond acceptors (Lipinski definition) is 3. The number of alkyl halides is 2. The highest BCUT2D eigenvalue weighted by molar-refractivity contribution is 4.98. The van der Waals surface area contributed by atoms with E-state index in [0.717, 1.165) is 0 Å². The molecular weight excluding hydrogens is 158 g/mol. The molecule has 0 spiro atoms. The van der Waals surface area contributed by atoms with Crippen LogP contribution >= 0.6 is 0 Å². The molecule has 1 atom stereocenters. The Balaban J connectivity index is 2.34. The van der Waals surface area contributed by atoms with Gasteiger partial charge in [0.15, 0.2) is 0 Å². The first kappa shape index (κ1) is 6.44. The van der Waals surface area contributed by atoms with E-state index >= 15 is 0 Å². The molecule has 60 valence electrons. The first-order valence-electron chi connectivity index (χ1n) is 2.99. The average molecular weight is 162 g/mol. The van der Waals surface area contributed by atoms with Gasteiger partial charge in [-0.1, -0.05) is 0 Å². The van der Waals surface area contributed by atoms with Crippen LogP contribution in [0.3, 0.4) is 0 Å². The molecule has 1 heterocycles. The van der Waals surface area contributed by atoms with Gasteiger partial charge in [-0.3, -0.25) is 0 Å². The fraction of sp³-hybridized carbons (Fsp3) is 0.750. The van der Waals surface area contributed by atoms with Crippen LogP contribution in [0.2, 0.25) is 0 Å². The SMILES string of the molecule is O=c1[nH]nnn1C1CC1(F)F. The first-order valence-corrected chi connectivity index (χ1v) is 2.99. The quantitative estimate of drug-likeness (QED) is 0.608. The molecule has 1 aromatic heterocycles. The van der Waals surface area contributed by atoms with Crippen molar-refractivity contribution in [2.24, 2.45) is 0 Å². The van der Waals surface area contributed by atoms with Crippen LogP contribution in [0, 0.1) is 0 Å². The van der Waals surface area contributed by atoms with Crippen molar-refractivity contribution in [2.75, 3.05) is 0 Å². The largest absolute Gasteiger partial charge is 0.361 e. The van der Waals surface area contributed by atoms with E-state index in [1.165, 1.54) is 0 Å². The second-order valence-corrected chi connectivity index (χ2v) is 2.43. The molecule has 0 aromatic carbocycles. The number of aromatic nitrogens is 4. The minimum Gasteiger partial charge on any atom is -0.245 e. The van der Waals surface area contributed by atoms with Gasteiger partial charge in [0, 0.05) is 6.42 Å². The fourth-order valence-electron chi connectivity index (χ4n) is 0.873. The Kier molecular flexibility index (Phi) is 0.972. The van der Waals surface area contributed by atoms with Crippen molar-refractivity contribution in [3.05, 3.63) is 10.5 Å². The van der Waals surface area contributed by atoms with Crippen molar-refractivity contribution in [1.29, 1.82) is 0 Å². The van der Waals surface area contributed by atoms with E-state index in [4.69, 9.17) is 0 Å². The lowest BCUT2D eigenvalue weighted by Gasteiger charge is -1.92. The van der Waals surface area contributed by atoms with Gasteiger partial charge < -0.3 is 0 Å². The molecule has 0 amide bonds. The number of rotatable bonds is 1. The number of halogens is 2. The third kappa shape index (κ3) is 0.837. The molecule has 0 bridgehead atoms. The molecule has 1 fully saturated rings. The van der Waals surface area contributed by atoms with Crippen LogP contribution < -0.4 is 5.69 Å². The Bertz CT molecular complexity index is 329. The summed E-state index contributed by atoms with van der Waals surface area (Å²) in [7, 11) is 0. The smallest absolute Gasteiger partial charge is 0.245 e. The summed E-state index contributed by atoms with van der Waals surface area (Å²) < 4.78 is 25.3. The van der Waals surface area contributed by atoms with Crippen LogP contribution in [0.15, 0.2) is 4.79 Å². The lowest BCUT2D eigenvalue weighted by Crippen LogP contribution is -2.19. The van der Waals surface area contributed by atoms with Crippen molar-refractivity contribution < 1.29 is 8.78 Å². The number of tetrazole rings is 1. The van der Waals surface area contributed by atoms with Crippen LogP contribution in [-0.4, -0.2) is 26.1 Å². The summed E-state index contributed by atoms with van der Waals surface area (Å²) >= 11 is 0. The highest BCUT2D eigenvalue weighted by Crippen LogP contribution is 2.51. The van der Waals surface area contributed by atoms with Crippen molar-refractivity contribution in [1.82, 2.24) is 20.2 Å². The van der Waals surface area contributed by atoms with Gasteiger partial charge in [-0.2, -0.15) is 4.68 Å². The lowest BCUT2D eigenvalue weighted by molar-refractivity contribution is 0.0972. The third-order valence-corrected chi connectivity index (χ3v) is 1.58. The number of hydrogen-bond donors (Lipinski definition) is 1. The predicted molar refractivity (Wildman–Crippen MR) is 29.2 cm³/mol. The van der Waals surface area contributed by atoms with E-state index < -0.39 is 17.7 Å². The summed E-state index contributed by atoms with van der Waals surface area (Å²) in [6.07, 6.45) is -0.320. The number of nitrogens with zero attached hydrogens (tertiary/aromatic N) is 3. The maximum atomic E-state index is 12.3. The van der Waals surface area contributed by atoms with Crippen molar-refractivity contribution in [3.8, 4) is 0 Å². The van der Waals surface area contributed by atoms with Gasteiger partial charge in [-0.25, -0.2) is 18.7 Å². The minimum absolute atomic E-state index is 0.320. The van der Waals surface area contributed by atoms with Crippen LogP contribution in [0.5, 0.6) is 0 Å². The highest BCUT2D eigenvalue weighted by Gasteiger charge is 2.60. The Morgan fingerprint density at radius 1 is 1.73 bits per heavy atom. The lowest BCUT2D eigenvalue weighted by atomic mass is 10.7. The summed E-state index contributed by atoms with van der Waals surface area (Å²) in [6.45, 7) is 0. The third-order valence-electron chi connectivity index (χ3n) is 1.58. The average Bonchev–Trinajstić information content (AvgIpc) is 2.38. The van der Waals surface area contributed by atoms with E-state index in [1.54, 1.807) is 0 Å². The van der Waals surface area contributed by atoms with Gasteiger partial charge in [0.05, 0.1) is 0 Å². The van der Waals surface area contributed by atoms with E-state index in [0.29, 0.717) is 4.68 Å². The summed E-state index contributed by atoms with van der Waals surface area (Å²) in [5.74, 6) is -2.78. The highest BCUT2D eigenvalue weighted by atomic mass is 19.3. The molecule has 1 saturated carbocycles. The molecule has 11 heavy (non-hydrogen) atoms. The molecule has 0 aliphatic heterocycles. The van der Waals surface area contributed by atoms with Crippen LogP contribution in [0.1, 0.15) is 12.5 Å². The van der Waals surface area contributed by atoms with Crippen LogP contribution in [-0.2, 0) is 0 Å². The molecular formula is C4H4F2N4O. The summed E-state index contributed by atoms with van der Waals surface area (Å²) in [6, 6.07) is -1.09. The standard InChI is InChI=1S/C4H4F2N4O/c5-4(6)1-2(4)10-3(11)7-8-9-10/h2H,1H2,(H,7,9,11). The number of H-pyrrole nitrogens is 1. The maximum Gasteiger partial charge on any atom is 0.361 e. The van der Waals surface area contributed by atoms with E-state index in [2.05, 4.69) is 10.4 Å². The number of aromatic amines is 1. The minimum atomic E-state index is -2.78. The van der Waals surface area contributed by atoms with Crippen molar-refractivity contribution >= 4 is 0 Å². The van der Waals surface area contributed by atoms with Crippen molar-refractivity contribution in [2.45, 2.75) is 18.4 Å². The maximum absolute atomic E-state index is 12.3. The fourth-order valence-corrected chi connectivity index (χ4v) is 0.873. The zero-order valence-corrected chi connectivity index (χ0v) is 5.29. The predicted octanol–water partition coefficient (Wildman–Crippen LogP) is -0.454. The molecule has 7 heteroatoms. The normalized spacial score (nSPS) is 26.9. The molecule has 0 saturated heterocycles. The molecule has 1 N–H and O–H groups in total. The zero-order valence-electron chi connectivity index (χ0n) is 5.29. The topological polar surface area (TPSA) is 63.6 Å². The number of nitrogens with one attached hydrogen (secondary N) is 1. The summed E-state index contributed by atoms with van der Waals surface area (Å²) in [5, 5.41) is 8.22. The molecule has 2 rings (SSSR count). The molecule has 0 radical (unpaired) electrons. The van der Waals surface area contributed by atoms with Gasteiger partial charge in [-0.15, -0.1) is 0 Å². The molecule has 1 aliphatic rings. The molecule has 5 nitrogen and oxygen atoms in total. The molecule has 1 aliphatic carbocycles. The second-order valence-electron chi connectivity index (χ2n) is 2.43. The summed E-state index contributed by atoms with van der Waals surface area (Å²) in [4.78, 5) is 10.6. The van der Waals surface area contributed by atoms with Crippen LogP contribution in [0.4, 0.5) is 8.78 Å². The monoisotopic (exact) mass is 162 g/mol. The van der Waals surface area contributed by atoms with E-state index in [9.17, 15) is 13.6 Å². The van der Waals surface area contributed by atoms with Gasteiger partial charge in [0.1, 0.15) is 6.04 Å². The van der Waals surface area contributed by atoms with Gasteiger partial charge in [0.2, 0.25) is 0 Å². The zero-order chi connectivity index (χ0) is 8.06. The Labute approximate surface area is 59.0 Å². The van der Waals surface area contributed by atoms with E-state index in [1.807, 2.05) is 5.10 Å². The molecule has 1 aromatic rings. The van der Waals surface area contributed by atoms with Crippen molar-refractivity contribution in [3.63, 3.8) is 0 Å². The Morgan fingerprint density at radius 2 is 2.36 bits per heavy atom. The summed E-state index contributed by atoms with van der Waals surface area (Å²) in [5.41, 5.74) is -0.688. The first-order chi connectivity index (χ1) is 5.11. The molecule has 1 unspecified atom stereocenters. The Hall–Kier alpha value is -1.27. The van der Waals surface area contributed by atoms with Gasteiger partial charge in [0.25, 0.3) is 5.92 Å². The van der Waals surface area contributed by atoms with E-state index in [-0.39, 0.29) is 6.42 Å². The van der Waals surface area contributed by atoms with Gasteiger partial charge >= 0.3 is 5.69 Å². The Morgan fingerprint density at radius 3 is 2.73 bits per heavy atom. The second kappa shape index (κ2) is 1.66. The van der Waals surface area contributed by atoms with Crippen LogP contribution in [0.25, 0.3) is 0 Å². The van der Waals surface area contributed by atoms with Gasteiger partial charge in [-0.05, 0) is 10.4 Å².